The van der Waals surface area contributed by atoms with Crippen molar-refractivity contribution in [3.05, 3.63) is 72.3 Å². The van der Waals surface area contributed by atoms with Crippen LogP contribution in [-0.4, -0.2) is 38.7 Å². The molecule has 0 aliphatic rings. The molecule has 0 fully saturated rings. The lowest BCUT2D eigenvalue weighted by molar-refractivity contribution is -0.118. The van der Waals surface area contributed by atoms with Crippen LogP contribution in [0.25, 0.3) is 0 Å². The molecule has 3 aromatic rings. The van der Waals surface area contributed by atoms with E-state index in [-0.39, 0.29) is 18.4 Å². The van der Waals surface area contributed by atoms with Crippen LogP contribution < -0.4 is 29.6 Å². The number of ether oxygens (including phenoxy) is 4. The van der Waals surface area contributed by atoms with Crippen molar-refractivity contribution in [1.29, 1.82) is 0 Å². The van der Waals surface area contributed by atoms with Gasteiger partial charge in [0.05, 0.1) is 20.3 Å². The second kappa shape index (κ2) is 13.6. The van der Waals surface area contributed by atoms with E-state index in [0.717, 1.165) is 12.8 Å². The van der Waals surface area contributed by atoms with Crippen molar-refractivity contribution in [2.75, 3.05) is 37.6 Å². The van der Waals surface area contributed by atoms with Crippen LogP contribution in [0.3, 0.4) is 0 Å². The summed E-state index contributed by atoms with van der Waals surface area (Å²) in [7, 11) is 1.54. The highest BCUT2D eigenvalue weighted by Gasteiger charge is 2.13. The van der Waals surface area contributed by atoms with Gasteiger partial charge in [-0.3, -0.25) is 9.59 Å². The first-order valence-electron chi connectivity index (χ1n) is 11.9. The van der Waals surface area contributed by atoms with E-state index in [0.29, 0.717) is 53.2 Å². The van der Waals surface area contributed by atoms with Gasteiger partial charge >= 0.3 is 0 Å². The third kappa shape index (κ3) is 7.66. The van der Waals surface area contributed by atoms with Crippen molar-refractivity contribution in [1.82, 2.24) is 0 Å². The maximum Gasteiger partial charge on any atom is 0.262 e. The lowest BCUT2D eigenvalue weighted by Crippen LogP contribution is -2.20. The number of nitrogens with one attached hydrogen (secondary N) is 2. The van der Waals surface area contributed by atoms with E-state index in [9.17, 15) is 9.59 Å². The van der Waals surface area contributed by atoms with E-state index in [2.05, 4.69) is 10.6 Å². The standard InChI is InChI=1S/C28H32N2O6/c1-4-15-34-25-14-13-20(17-26(25)35-16-5-2)28(32)30-22-10-8-9-21(18-22)29-27(31)19-36-24-12-7-6-11-23(24)33-3/h6-14,17-18H,4-5,15-16,19H2,1-3H3,(H,29,31)(H,30,32). The predicted molar refractivity (Wildman–Crippen MR) is 140 cm³/mol. The zero-order valence-electron chi connectivity index (χ0n) is 20.8. The van der Waals surface area contributed by atoms with E-state index >= 15 is 0 Å². The first kappa shape index (κ1) is 26.4. The fourth-order valence-corrected chi connectivity index (χ4v) is 3.26. The van der Waals surface area contributed by atoms with Crippen LogP contribution in [0.4, 0.5) is 11.4 Å². The Morgan fingerprint density at radius 3 is 2.03 bits per heavy atom. The van der Waals surface area contributed by atoms with Gasteiger partial charge in [0.15, 0.2) is 29.6 Å². The largest absolute Gasteiger partial charge is 0.493 e. The zero-order chi connectivity index (χ0) is 25.8. The Hall–Kier alpha value is -4.20. The van der Waals surface area contributed by atoms with Crippen LogP contribution in [0.15, 0.2) is 66.7 Å². The van der Waals surface area contributed by atoms with Crippen molar-refractivity contribution in [3.8, 4) is 23.0 Å². The number of carbonyl (C=O) groups excluding carboxylic acids is 2. The molecule has 0 radical (unpaired) electrons. The average Bonchev–Trinajstić information content (AvgIpc) is 2.90. The Balaban J connectivity index is 1.62. The summed E-state index contributed by atoms with van der Waals surface area (Å²) in [5.41, 5.74) is 1.49. The minimum absolute atomic E-state index is 0.191. The van der Waals surface area contributed by atoms with Crippen molar-refractivity contribution >= 4 is 23.2 Å². The van der Waals surface area contributed by atoms with Gasteiger partial charge in [-0.2, -0.15) is 0 Å². The molecule has 0 aliphatic carbocycles. The number of amides is 2. The van der Waals surface area contributed by atoms with Gasteiger partial charge in [-0.05, 0) is 61.4 Å². The van der Waals surface area contributed by atoms with Crippen LogP contribution in [0, 0.1) is 0 Å². The number of methoxy groups -OCH3 is 1. The van der Waals surface area contributed by atoms with Gasteiger partial charge in [-0.1, -0.05) is 32.0 Å². The SMILES string of the molecule is CCCOc1ccc(C(=O)Nc2cccc(NC(=O)COc3ccccc3OC)c2)cc1OCCC. The summed E-state index contributed by atoms with van der Waals surface area (Å²) < 4.78 is 22.3. The van der Waals surface area contributed by atoms with E-state index in [1.807, 2.05) is 19.9 Å². The third-order valence-corrected chi connectivity index (χ3v) is 4.96. The molecule has 0 spiro atoms. The zero-order valence-corrected chi connectivity index (χ0v) is 20.8. The second-order valence-electron chi connectivity index (χ2n) is 7.88. The average molecular weight is 493 g/mol. The van der Waals surface area contributed by atoms with Crippen molar-refractivity contribution in [2.24, 2.45) is 0 Å². The summed E-state index contributed by atoms with van der Waals surface area (Å²) in [6.45, 7) is 4.94. The van der Waals surface area contributed by atoms with Gasteiger partial charge in [-0.15, -0.1) is 0 Å². The molecule has 0 atom stereocenters. The number of rotatable bonds is 13. The van der Waals surface area contributed by atoms with Crippen LogP contribution in [0.2, 0.25) is 0 Å². The quantitative estimate of drug-likeness (QED) is 0.325. The molecule has 8 nitrogen and oxygen atoms in total. The van der Waals surface area contributed by atoms with Gasteiger partial charge in [0.2, 0.25) is 0 Å². The molecular formula is C28H32N2O6. The summed E-state index contributed by atoms with van der Waals surface area (Å²) in [4.78, 5) is 25.3. The molecule has 0 heterocycles. The number of carbonyl (C=O) groups is 2. The first-order chi connectivity index (χ1) is 17.5. The molecule has 0 aliphatic heterocycles. The molecule has 0 saturated carbocycles. The summed E-state index contributed by atoms with van der Waals surface area (Å²) in [6.07, 6.45) is 1.71. The van der Waals surface area contributed by atoms with Gasteiger partial charge < -0.3 is 29.6 Å². The summed E-state index contributed by atoms with van der Waals surface area (Å²) >= 11 is 0. The topological polar surface area (TPSA) is 95.1 Å². The van der Waals surface area contributed by atoms with Crippen LogP contribution >= 0.6 is 0 Å². The maximum absolute atomic E-state index is 12.9. The lowest BCUT2D eigenvalue weighted by Gasteiger charge is -2.14. The minimum atomic E-state index is -0.343. The molecule has 190 valence electrons. The lowest BCUT2D eigenvalue weighted by atomic mass is 10.1. The van der Waals surface area contributed by atoms with E-state index in [1.54, 1.807) is 60.7 Å². The maximum atomic E-state index is 12.9. The van der Waals surface area contributed by atoms with Crippen LogP contribution in [0.5, 0.6) is 23.0 Å². The summed E-state index contributed by atoms with van der Waals surface area (Å²) in [6, 6.07) is 19.1. The Morgan fingerprint density at radius 1 is 0.694 bits per heavy atom. The van der Waals surface area contributed by atoms with Crippen molar-refractivity contribution in [3.63, 3.8) is 0 Å². The minimum Gasteiger partial charge on any atom is -0.493 e. The van der Waals surface area contributed by atoms with Gasteiger partial charge in [0, 0.05) is 16.9 Å². The highest BCUT2D eigenvalue weighted by Crippen LogP contribution is 2.29. The molecule has 3 rings (SSSR count). The smallest absolute Gasteiger partial charge is 0.262 e. The molecule has 2 amide bonds. The molecule has 0 saturated heterocycles. The Labute approximate surface area is 211 Å². The van der Waals surface area contributed by atoms with Crippen molar-refractivity contribution in [2.45, 2.75) is 26.7 Å². The van der Waals surface area contributed by atoms with Gasteiger partial charge in [-0.25, -0.2) is 0 Å². The highest BCUT2D eigenvalue weighted by molar-refractivity contribution is 6.05. The molecular weight excluding hydrogens is 460 g/mol. The number of anilines is 2. The molecule has 3 aromatic carbocycles. The number of para-hydroxylation sites is 2. The number of hydrogen-bond acceptors (Lipinski definition) is 6. The fraction of sp³-hybridized carbons (Fsp3) is 0.286. The number of hydrogen-bond donors (Lipinski definition) is 2. The third-order valence-electron chi connectivity index (χ3n) is 4.96. The van der Waals surface area contributed by atoms with Crippen molar-refractivity contribution < 1.29 is 28.5 Å². The molecule has 36 heavy (non-hydrogen) atoms. The predicted octanol–water partition coefficient (Wildman–Crippen LogP) is 5.54. The Bertz CT molecular complexity index is 1160. The molecule has 8 heteroatoms. The first-order valence-corrected chi connectivity index (χ1v) is 11.9. The molecule has 0 unspecified atom stereocenters. The summed E-state index contributed by atoms with van der Waals surface area (Å²) in [5, 5.41) is 5.63. The number of benzene rings is 3. The summed E-state index contributed by atoms with van der Waals surface area (Å²) in [5.74, 6) is 1.52. The van der Waals surface area contributed by atoms with E-state index < -0.39 is 0 Å². The molecule has 2 N–H and O–H groups in total. The Kier molecular flexibility index (Phi) is 10.00. The monoisotopic (exact) mass is 492 g/mol. The fourth-order valence-electron chi connectivity index (χ4n) is 3.26. The highest BCUT2D eigenvalue weighted by atomic mass is 16.5. The van der Waals surface area contributed by atoms with E-state index in [4.69, 9.17) is 18.9 Å². The van der Waals surface area contributed by atoms with Crippen LogP contribution in [0.1, 0.15) is 37.0 Å². The van der Waals surface area contributed by atoms with Gasteiger partial charge in [0.1, 0.15) is 0 Å². The van der Waals surface area contributed by atoms with E-state index in [1.165, 1.54) is 7.11 Å². The van der Waals surface area contributed by atoms with Gasteiger partial charge in [0.25, 0.3) is 11.8 Å². The normalized spacial score (nSPS) is 10.3. The second-order valence-corrected chi connectivity index (χ2v) is 7.88. The van der Waals surface area contributed by atoms with Crippen LogP contribution in [-0.2, 0) is 4.79 Å². The molecule has 0 bridgehead atoms. The Morgan fingerprint density at radius 2 is 1.33 bits per heavy atom. The molecule has 0 aromatic heterocycles.